The summed E-state index contributed by atoms with van der Waals surface area (Å²) in [5.74, 6) is 1.67. The second-order valence-corrected chi connectivity index (χ2v) is 6.79. The summed E-state index contributed by atoms with van der Waals surface area (Å²) in [7, 11) is 3.05. The third-order valence-corrected chi connectivity index (χ3v) is 4.80. The first kappa shape index (κ1) is 21.0. The quantitative estimate of drug-likeness (QED) is 0.235. The number of rotatable bonds is 7. The van der Waals surface area contributed by atoms with Gasteiger partial charge < -0.3 is 23.7 Å². The first-order valence-corrected chi connectivity index (χ1v) is 9.73. The van der Waals surface area contributed by atoms with E-state index in [1.54, 1.807) is 73.8 Å². The molecule has 162 valence electrons. The first-order chi connectivity index (χ1) is 15.6. The van der Waals surface area contributed by atoms with Crippen LogP contribution in [-0.2, 0) is 0 Å². The fourth-order valence-electron chi connectivity index (χ4n) is 3.08. The number of hydrogen-bond donors (Lipinski definition) is 0. The van der Waals surface area contributed by atoms with Gasteiger partial charge >= 0.3 is 5.97 Å². The predicted molar refractivity (Wildman–Crippen MR) is 117 cm³/mol. The molecule has 0 aliphatic carbocycles. The molecule has 4 rings (SSSR count). The molecule has 1 aliphatic rings. The van der Waals surface area contributed by atoms with Gasteiger partial charge in [-0.1, -0.05) is 12.1 Å². The van der Waals surface area contributed by atoms with E-state index in [2.05, 4.69) is 0 Å². The van der Waals surface area contributed by atoms with Crippen molar-refractivity contribution in [2.24, 2.45) is 0 Å². The maximum Gasteiger partial charge on any atom is 0.343 e. The van der Waals surface area contributed by atoms with Gasteiger partial charge in [0.05, 0.1) is 19.8 Å². The van der Waals surface area contributed by atoms with Crippen molar-refractivity contribution in [3.05, 3.63) is 83.4 Å². The van der Waals surface area contributed by atoms with Crippen molar-refractivity contribution < 1.29 is 33.3 Å². The highest BCUT2D eigenvalue weighted by Crippen LogP contribution is 2.34. The molecular formula is C25H20O7. The van der Waals surface area contributed by atoms with Crippen LogP contribution in [0.25, 0.3) is 6.08 Å². The van der Waals surface area contributed by atoms with Crippen LogP contribution in [0.4, 0.5) is 0 Å². The number of ketones is 1. The molecule has 0 atom stereocenters. The molecule has 0 aromatic heterocycles. The minimum absolute atomic E-state index is 0.123. The average molecular weight is 432 g/mol. The van der Waals surface area contributed by atoms with Crippen molar-refractivity contribution >= 4 is 17.8 Å². The van der Waals surface area contributed by atoms with Gasteiger partial charge in [-0.3, -0.25) is 4.79 Å². The van der Waals surface area contributed by atoms with Gasteiger partial charge in [0.25, 0.3) is 0 Å². The van der Waals surface area contributed by atoms with Crippen LogP contribution < -0.4 is 23.7 Å². The topological polar surface area (TPSA) is 80.3 Å². The van der Waals surface area contributed by atoms with Crippen molar-refractivity contribution in [3.63, 3.8) is 0 Å². The number of fused-ring (bicyclic) bond motifs is 1. The van der Waals surface area contributed by atoms with Gasteiger partial charge in [0.1, 0.15) is 5.75 Å². The summed E-state index contributed by atoms with van der Waals surface area (Å²) in [6, 6.07) is 16.7. The Labute approximate surface area is 184 Å². The van der Waals surface area contributed by atoms with Gasteiger partial charge in [0.15, 0.2) is 28.8 Å². The highest BCUT2D eigenvalue weighted by molar-refractivity contribution is 6.06. The van der Waals surface area contributed by atoms with E-state index in [1.165, 1.54) is 13.2 Å². The number of allylic oxidation sites excluding steroid dienone is 1. The van der Waals surface area contributed by atoms with E-state index in [9.17, 15) is 9.59 Å². The SMILES string of the molecule is COc1ccc(C(=O)C=Cc2ccc(OC(=O)c3ccc4c(c3)OCO4)c(OC)c2)cc1. The number of carbonyl (C=O) groups excluding carboxylic acids is 2. The van der Waals surface area contributed by atoms with Crippen LogP contribution in [0, 0.1) is 0 Å². The molecule has 0 radical (unpaired) electrons. The molecule has 0 unspecified atom stereocenters. The Morgan fingerprint density at radius 3 is 2.31 bits per heavy atom. The summed E-state index contributed by atoms with van der Waals surface area (Å²) < 4.78 is 26.5. The third-order valence-electron chi connectivity index (χ3n) is 4.80. The summed E-state index contributed by atoms with van der Waals surface area (Å²) >= 11 is 0. The maximum absolute atomic E-state index is 12.5. The number of carbonyl (C=O) groups is 2. The Kier molecular flexibility index (Phi) is 6.07. The van der Waals surface area contributed by atoms with E-state index in [1.807, 2.05) is 0 Å². The highest BCUT2D eigenvalue weighted by atomic mass is 16.7. The zero-order chi connectivity index (χ0) is 22.5. The van der Waals surface area contributed by atoms with E-state index < -0.39 is 5.97 Å². The second kappa shape index (κ2) is 9.26. The molecule has 0 N–H and O–H groups in total. The molecule has 3 aromatic rings. The van der Waals surface area contributed by atoms with Gasteiger partial charge in [-0.15, -0.1) is 0 Å². The lowest BCUT2D eigenvalue weighted by atomic mass is 10.1. The lowest BCUT2D eigenvalue weighted by Crippen LogP contribution is -2.09. The van der Waals surface area contributed by atoms with Crippen molar-refractivity contribution in [1.29, 1.82) is 0 Å². The standard InChI is InChI=1S/C25H20O7/c1-28-19-8-5-17(6-9-19)20(26)10-3-16-4-11-22(23(13-16)29-2)32-25(27)18-7-12-21-24(14-18)31-15-30-21/h3-14H,15H2,1-2H3. The van der Waals surface area contributed by atoms with E-state index in [-0.39, 0.29) is 18.3 Å². The monoisotopic (exact) mass is 432 g/mol. The number of ether oxygens (including phenoxy) is 5. The Morgan fingerprint density at radius 2 is 1.56 bits per heavy atom. The van der Waals surface area contributed by atoms with Crippen molar-refractivity contribution in [2.75, 3.05) is 21.0 Å². The number of hydrogen-bond acceptors (Lipinski definition) is 7. The van der Waals surface area contributed by atoms with Crippen LogP contribution in [0.3, 0.4) is 0 Å². The molecule has 7 nitrogen and oxygen atoms in total. The number of methoxy groups -OCH3 is 2. The summed E-state index contributed by atoms with van der Waals surface area (Å²) in [6.45, 7) is 0.123. The van der Waals surface area contributed by atoms with E-state index in [0.29, 0.717) is 39.7 Å². The Hall–Kier alpha value is -4.26. The lowest BCUT2D eigenvalue weighted by Gasteiger charge is -2.10. The molecule has 3 aromatic carbocycles. The molecule has 0 bridgehead atoms. The van der Waals surface area contributed by atoms with Gasteiger partial charge in [-0.2, -0.15) is 0 Å². The zero-order valence-electron chi connectivity index (χ0n) is 17.5. The molecule has 32 heavy (non-hydrogen) atoms. The number of benzene rings is 3. The Bertz CT molecular complexity index is 1180. The molecule has 0 fully saturated rings. The number of esters is 1. The lowest BCUT2D eigenvalue weighted by molar-refractivity contribution is 0.0729. The molecule has 0 amide bonds. The van der Waals surface area contributed by atoms with Gasteiger partial charge in [0, 0.05) is 5.56 Å². The second-order valence-electron chi connectivity index (χ2n) is 6.79. The van der Waals surface area contributed by atoms with E-state index >= 15 is 0 Å². The summed E-state index contributed by atoms with van der Waals surface area (Å²) in [4.78, 5) is 24.9. The molecule has 1 heterocycles. The smallest absolute Gasteiger partial charge is 0.343 e. The van der Waals surface area contributed by atoms with Gasteiger partial charge in [-0.25, -0.2) is 4.79 Å². The summed E-state index contributed by atoms with van der Waals surface area (Å²) in [5.41, 5.74) is 1.58. The van der Waals surface area contributed by atoms with Gasteiger partial charge in [0.2, 0.25) is 6.79 Å². The largest absolute Gasteiger partial charge is 0.497 e. The van der Waals surface area contributed by atoms with Crippen LogP contribution in [0.1, 0.15) is 26.3 Å². The normalized spacial score (nSPS) is 11.9. The minimum atomic E-state index is -0.556. The van der Waals surface area contributed by atoms with Crippen LogP contribution in [-0.4, -0.2) is 32.8 Å². The predicted octanol–water partition coefficient (Wildman–Crippen LogP) is 4.55. The molecule has 1 aliphatic heterocycles. The Balaban J connectivity index is 1.46. The fourth-order valence-corrected chi connectivity index (χ4v) is 3.08. The molecule has 0 spiro atoms. The average Bonchev–Trinajstić information content (AvgIpc) is 3.31. The fraction of sp³-hybridized carbons (Fsp3) is 0.120. The van der Waals surface area contributed by atoms with Crippen LogP contribution >= 0.6 is 0 Å². The third kappa shape index (κ3) is 4.57. The first-order valence-electron chi connectivity index (χ1n) is 9.73. The van der Waals surface area contributed by atoms with E-state index in [4.69, 9.17) is 23.7 Å². The van der Waals surface area contributed by atoms with Crippen molar-refractivity contribution in [3.8, 4) is 28.7 Å². The van der Waals surface area contributed by atoms with Crippen molar-refractivity contribution in [2.45, 2.75) is 0 Å². The van der Waals surface area contributed by atoms with Gasteiger partial charge in [-0.05, 0) is 66.2 Å². The van der Waals surface area contributed by atoms with Crippen LogP contribution in [0.15, 0.2) is 66.7 Å². The van der Waals surface area contributed by atoms with Crippen molar-refractivity contribution in [1.82, 2.24) is 0 Å². The molecule has 0 saturated carbocycles. The van der Waals surface area contributed by atoms with Crippen LogP contribution in [0.2, 0.25) is 0 Å². The maximum atomic E-state index is 12.5. The Morgan fingerprint density at radius 1 is 0.812 bits per heavy atom. The summed E-state index contributed by atoms with van der Waals surface area (Å²) in [5, 5.41) is 0. The molecular weight excluding hydrogens is 412 g/mol. The summed E-state index contributed by atoms with van der Waals surface area (Å²) in [6.07, 6.45) is 3.13. The van der Waals surface area contributed by atoms with E-state index in [0.717, 1.165) is 0 Å². The zero-order valence-corrected chi connectivity index (χ0v) is 17.5. The molecule has 0 saturated heterocycles. The van der Waals surface area contributed by atoms with Crippen LogP contribution in [0.5, 0.6) is 28.7 Å². The molecule has 7 heteroatoms. The highest BCUT2D eigenvalue weighted by Gasteiger charge is 2.18. The minimum Gasteiger partial charge on any atom is -0.497 e.